The molecule has 0 aliphatic carbocycles. The van der Waals surface area contributed by atoms with Crippen molar-refractivity contribution in [1.29, 1.82) is 0 Å². The molecule has 2 aliphatic heterocycles. The third-order valence-electron chi connectivity index (χ3n) is 6.35. The van der Waals surface area contributed by atoms with Crippen molar-refractivity contribution >= 4 is 29.4 Å². The van der Waals surface area contributed by atoms with Crippen LogP contribution >= 0.6 is 0 Å². The van der Waals surface area contributed by atoms with Gasteiger partial charge in [-0.25, -0.2) is 0 Å². The first-order valence-corrected chi connectivity index (χ1v) is 11.4. The molecule has 8 heteroatoms. The summed E-state index contributed by atoms with van der Waals surface area (Å²) in [6.45, 7) is 5.47. The summed E-state index contributed by atoms with van der Waals surface area (Å²) in [6, 6.07) is 7.81. The highest BCUT2D eigenvalue weighted by atomic mass is 16.5. The maximum absolute atomic E-state index is 12.9. The van der Waals surface area contributed by atoms with Crippen LogP contribution in [0.3, 0.4) is 0 Å². The van der Waals surface area contributed by atoms with Crippen LogP contribution in [0.1, 0.15) is 38.7 Å². The standard InChI is InChI=1S/C24H33N3O5/c1-4-17-6-8-20(9-7-17)27-15-19(14-21(27)28)23(30)25(3)16-22(29)26-12-10-18(11-13-26)24(31)32-5-2/h6-9,18-19H,4-5,10-16H2,1-3H3. The van der Waals surface area contributed by atoms with Crippen LogP contribution in [0.2, 0.25) is 0 Å². The second-order valence-corrected chi connectivity index (χ2v) is 8.53. The number of likely N-dealkylation sites (tertiary alicyclic amines) is 1. The number of rotatable bonds is 7. The summed E-state index contributed by atoms with van der Waals surface area (Å²) in [5.41, 5.74) is 1.99. The molecule has 3 amide bonds. The highest BCUT2D eigenvalue weighted by Crippen LogP contribution is 2.27. The van der Waals surface area contributed by atoms with Gasteiger partial charge in [0, 0.05) is 38.8 Å². The number of hydrogen-bond acceptors (Lipinski definition) is 5. The van der Waals surface area contributed by atoms with E-state index in [1.54, 1.807) is 23.8 Å². The molecule has 2 fully saturated rings. The number of ether oxygens (including phenoxy) is 1. The lowest BCUT2D eigenvalue weighted by Crippen LogP contribution is -2.46. The van der Waals surface area contributed by atoms with Crippen molar-refractivity contribution in [1.82, 2.24) is 9.80 Å². The van der Waals surface area contributed by atoms with Crippen molar-refractivity contribution in [3.8, 4) is 0 Å². The fraction of sp³-hybridized carbons (Fsp3) is 0.583. The Kier molecular flexibility index (Phi) is 7.88. The Morgan fingerprint density at radius 2 is 1.72 bits per heavy atom. The van der Waals surface area contributed by atoms with Crippen LogP contribution in [-0.4, -0.2) is 73.3 Å². The minimum Gasteiger partial charge on any atom is -0.466 e. The maximum Gasteiger partial charge on any atom is 0.309 e. The Bertz CT molecular complexity index is 846. The van der Waals surface area contributed by atoms with E-state index in [-0.39, 0.29) is 42.6 Å². The normalized spacial score (nSPS) is 19.2. The van der Waals surface area contributed by atoms with Crippen LogP contribution in [-0.2, 0) is 30.3 Å². The third kappa shape index (κ3) is 5.47. The SMILES string of the molecule is CCOC(=O)C1CCN(C(=O)CN(C)C(=O)C2CC(=O)N(c3ccc(CC)cc3)C2)CC1. The maximum atomic E-state index is 12.9. The Hall–Kier alpha value is -2.90. The van der Waals surface area contributed by atoms with Crippen LogP contribution in [0.4, 0.5) is 5.69 Å². The molecule has 0 spiro atoms. The van der Waals surface area contributed by atoms with Gasteiger partial charge in [0.05, 0.1) is 25.0 Å². The molecule has 0 bridgehead atoms. The summed E-state index contributed by atoms with van der Waals surface area (Å²) in [5, 5.41) is 0. The summed E-state index contributed by atoms with van der Waals surface area (Å²) in [5.74, 6) is -1.23. The number of carbonyl (C=O) groups excluding carboxylic acids is 4. The van der Waals surface area contributed by atoms with Crippen molar-refractivity contribution in [2.45, 2.75) is 39.5 Å². The monoisotopic (exact) mass is 443 g/mol. The predicted octanol–water partition coefficient (Wildman–Crippen LogP) is 1.86. The van der Waals surface area contributed by atoms with Gasteiger partial charge in [-0.2, -0.15) is 0 Å². The number of hydrogen-bond donors (Lipinski definition) is 0. The van der Waals surface area contributed by atoms with E-state index in [4.69, 9.17) is 4.74 Å². The number of likely N-dealkylation sites (N-methyl/N-ethyl adjacent to an activating group) is 1. The molecule has 1 unspecified atom stereocenters. The number of carbonyl (C=O) groups is 4. The Morgan fingerprint density at radius 1 is 1.06 bits per heavy atom. The molecule has 1 atom stereocenters. The molecule has 174 valence electrons. The first-order valence-electron chi connectivity index (χ1n) is 11.4. The molecule has 1 aromatic carbocycles. The zero-order valence-electron chi connectivity index (χ0n) is 19.2. The van der Waals surface area contributed by atoms with E-state index >= 15 is 0 Å². The Balaban J connectivity index is 1.50. The van der Waals surface area contributed by atoms with Gasteiger partial charge >= 0.3 is 5.97 Å². The van der Waals surface area contributed by atoms with E-state index in [0.717, 1.165) is 12.1 Å². The van der Waals surface area contributed by atoms with Gasteiger partial charge in [0.2, 0.25) is 17.7 Å². The van der Waals surface area contributed by atoms with Gasteiger partial charge in [0.25, 0.3) is 0 Å². The molecule has 3 rings (SSSR count). The number of aryl methyl sites for hydroxylation is 1. The molecule has 8 nitrogen and oxygen atoms in total. The minimum absolute atomic E-state index is 0.0290. The van der Waals surface area contributed by atoms with Gasteiger partial charge in [-0.15, -0.1) is 0 Å². The smallest absolute Gasteiger partial charge is 0.309 e. The van der Waals surface area contributed by atoms with Crippen LogP contribution < -0.4 is 4.90 Å². The van der Waals surface area contributed by atoms with E-state index in [0.29, 0.717) is 39.1 Å². The van der Waals surface area contributed by atoms with Gasteiger partial charge < -0.3 is 19.4 Å². The number of amides is 3. The van der Waals surface area contributed by atoms with Crippen molar-refractivity contribution in [3.05, 3.63) is 29.8 Å². The summed E-state index contributed by atoms with van der Waals surface area (Å²) >= 11 is 0. The molecule has 0 aromatic heterocycles. The Labute approximate surface area is 189 Å². The fourth-order valence-electron chi connectivity index (χ4n) is 4.35. The number of esters is 1. The average Bonchev–Trinajstić information content (AvgIpc) is 3.20. The molecule has 0 radical (unpaired) electrons. The van der Waals surface area contributed by atoms with E-state index in [9.17, 15) is 19.2 Å². The fourth-order valence-corrected chi connectivity index (χ4v) is 4.35. The molecular formula is C24H33N3O5. The van der Waals surface area contributed by atoms with Crippen LogP contribution in [0.15, 0.2) is 24.3 Å². The summed E-state index contributed by atoms with van der Waals surface area (Å²) < 4.78 is 5.06. The molecule has 2 saturated heterocycles. The summed E-state index contributed by atoms with van der Waals surface area (Å²) in [4.78, 5) is 54.7. The van der Waals surface area contributed by atoms with Gasteiger partial charge in [-0.1, -0.05) is 19.1 Å². The van der Waals surface area contributed by atoms with E-state index in [1.807, 2.05) is 24.3 Å². The summed E-state index contributed by atoms with van der Waals surface area (Å²) in [6.07, 6.45) is 2.22. The van der Waals surface area contributed by atoms with E-state index < -0.39 is 5.92 Å². The van der Waals surface area contributed by atoms with Gasteiger partial charge in [-0.05, 0) is 43.9 Å². The lowest BCUT2D eigenvalue weighted by molar-refractivity contribution is -0.151. The molecule has 1 aromatic rings. The number of benzene rings is 1. The van der Waals surface area contributed by atoms with E-state index in [2.05, 4.69) is 6.92 Å². The quantitative estimate of drug-likeness (QED) is 0.601. The van der Waals surface area contributed by atoms with Gasteiger partial charge in [0.1, 0.15) is 0 Å². The topological polar surface area (TPSA) is 87.2 Å². The van der Waals surface area contributed by atoms with Crippen LogP contribution in [0.25, 0.3) is 0 Å². The first-order chi connectivity index (χ1) is 15.3. The second kappa shape index (κ2) is 10.6. The van der Waals surface area contributed by atoms with Gasteiger partial charge in [-0.3, -0.25) is 19.2 Å². The number of piperidine rings is 1. The first kappa shape index (κ1) is 23.8. The number of nitrogens with zero attached hydrogens (tertiary/aromatic N) is 3. The van der Waals surface area contributed by atoms with Crippen molar-refractivity contribution in [2.75, 3.05) is 44.7 Å². The van der Waals surface area contributed by atoms with Gasteiger partial charge in [0.15, 0.2) is 0 Å². The molecule has 2 aliphatic rings. The third-order valence-corrected chi connectivity index (χ3v) is 6.35. The molecule has 2 heterocycles. The Morgan fingerprint density at radius 3 is 2.31 bits per heavy atom. The minimum atomic E-state index is -0.458. The molecule has 32 heavy (non-hydrogen) atoms. The predicted molar refractivity (Wildman–Crippen MR) is 120 cm³/mol. The van der Waals surface area contributed by atoms with Crippen molar-refractivity contribution in [3.63, 3.8) is 0 Å². The van der Waals surface area contributed by atoms with Crippen LogP contribution in [0, 0.1) is 11.8 Å². The molecular weight excluding hydrogens is 410 g/mol. The van der Waals surface area contributed by atoms with Crippen LogP contribution in [0.5, 0.6) is 0 Å². The highest BCUT2D eigenvalue weighted by molar-refractivity contribution is 6.00. The number of anilines is 1. The largest absolute Gasteiger partial charge is 0.466 e. The van der Waals surface area contributed by atoms with Crippen molar-refractivity contribution in [2.24, 2.45) is 11.8 Å². The zero-order valence-corrected chi connectivity index (χ0v) is 19.2. The highest BCUT2D eigenvalue weighted by Gasteiger charge is 2.37. The lowest BCUT2D eigenvalue weighted by Gasteiger charge is -2.32. The average molecular weight is 444 g/mol. The lowest BCUT2D eigenvalue weighted by atomic mass is 9.97. The van der Waals surface area contributed by atoms with E-state index in [1.165, 1.54) is 10.5 Å². The van der Waals surface area contributed by atoms with Crippen molar-refractivity contribution < 1.29 is 23.9 Å². The zero-order chi connectivity index (χ0) is 23.3. The molecule has 0 saturated carbocycles. The molecule has 0 N–H and O–H groups in total. The summed E-state index contributed by atoms with van der Waals surface area (Å²) in [7, 11) is 1.61. The second-order valence-electron chi connectivity index (χ2n) is 8.53.